The van der Waals surface area contributed by atoms with Gasteiger partial charge in [0.1, 0.15) is 11.6 Å². The molecule has 4 nitrogen and oxygen atoms in total. The van der Waals surface area contributed by atoms with Gasteiger partial charge in [-0.05, 0) is 62.3 Å². The van der Waals surface area contributed by atoms with Gasteiger partial charge in [-0.15, -0.1) is 0 Å². The Morgan fingerprint density at radius 2 is 2.09 bits per heavy atom. The summed E-state index contributed by atoms with van der Waals surface area (Å²) in [4.78, 5) is 4.26. The maximum absolute atomic E-state index is 5.69. The second kappa shape index (κ2) is 7.75. The van der Waals surface area contributed by atoms with Crippen molar-refractivity contribution in [2.45, 2.75) is 33.4 Å². The number of benzene rings is 1. The molecule has 0 aliphatic carbocycles. The molecule has 2 N–H and O–H groups in total. The Labute approximate surface area is 136 Å². The van der Waals surface area contributed by atoms with Crippen LogP contribution in [0.15, 0.2) is 42.6 Å². The van der Waals surface area contributed by atoms with E-state index in [0.717, 1.165) is 22.7 Å². The highest BCUT2D eigenvalue weighted by atomic mass is 32.1. The minimum absolute atomic E-state index is 0.165. The lowest BCUT2D eigenvalue weighted by atomic mass is 10.2. The van der Waals surface area contributed by atoms with Crippen LogP contribution in [0.5, 0.6) is 5.75 Å². The Kier molecular flexibility index (Phi) is 5.72. The normalized spacial score (nSPS) is 10.4. The molecule has 2 rings (SSSR count). The lowest BCUT2D eigenvalue weighted by Gasteiger charge is -2.13. The van der Waals surface area contributed by atoms with Gasteiger partial charge in [0.2, 0.25) is 0 Å². The first-order valence-electron chi connectivity index (χ1n) is 7.26. The van der Waals surface area contributed by atoms with Crippen molar-refractivity contribution in [3.8, 4) is 5.75 Å². The van der Waals surface area contributed by atoms with Crippen LogP contribution >= 0.6 is 12.2 Å². The molecule has 5 heteroatoms. The van der Waals surface area contributed by atoms with E-state index < -0.39 is 0 Å². The fourth-order valence-electron chi connectivity index (χ4n) is 1.95. The predicted molar refractivity (Wildman–Crippen MR) is 94.2 cm³/mol. The number of anilines is 1. The molecule has 0 atom stereocenters. The van der Waals surface area contributed by atoms with E-state index in [1.165, 1.54) is 0 Å². The first-order valence-corrected chi connectivity index (χ1v) is 7.67. The van der Waals surface area contributed by atoms with Crippen LogP contribution in [0.1, 0.15) is 25.0 Å². The van der Waals surface area contributed by atoms with E-state index >= 15 is 0 Å². The number of nitrogens with one attached hydrogen (secondary N) is 2. The predicted octanol–water partition coefficient (Wildman–Crippen LogP) is 3.66. The third-order valence-corrected chi connectivity index (χ3v) is 3.21. The van der Waals surface area contributed by atoms with Crippen molar-refractivity contribution >= 4 is 23.1 Å². The molecule has 0 saturated heterocycles. The molecule has 1 heterocycles. The van der Waals surface area contributed by atoms with Gasteiger partial charge in [-0.1, -0.05) is 18.2 Å². The number of aryl methyl sites for hydroxylation is 1. The SMILES string of the molecule is Cc1cccnc1NC(=S)NCc1cccc(OC(C)C)c1. The molecule has 0 amide bonds. The summed E-state index contributed by atoms with van der Waals surface area (Å²) in [7, 11) is 0. The van der Waals surface area contributed by atoms with E-state index in [-0.39, 0.29) is 6.10 Å². The van der Waals surface area contributed by atoms with Crippen LogP contribution in [0, 0.1) is 6.92 Å². The van der Waals surface area contributed by atoms with Crippen molar-refractivity contribution in [1.82, 2.24) is 10.3 Å². The summed E-state index contributed by atoms with van der Waals surface area (Å²) in [6, 6.07) is 11.9. The molecule has 0 radical (unpaired) electrons. The summed E-state index contributed by atoms with van der Waals surface area (Å²) >= 11 is 5.30. The van der Waals surface area contributed by atoms with Crippen molar-refractivity contribution < 1.29 is 4.74 Å². The monoisotopic (exact) mass is 315 g/mol. The molecule has 22 heavy (non-hydrogen) atoms. The zero-order chi connectivity index (χ0) is 15.9. The number of hydrogen-bond donors (Lipinski definition) is 2. The fraction of sp³-hybridized carbons (Fsp3) is 0.294. The minimum atomic E-state index is 0.165. The first-order chi connectivity index (χ1) is 10.5. The molecule has 0 aliphatic heterocycles. The second-order valence-corrected chi connectivity index (χ2v) is 5.70. The lowest BCUT2D eigenvalue weighted by molar-refractivity contribution is 0.242. The summed E-state index contributed by atoms with van der Waals surface area (Å²) in [5.41, 5.74) is 2.17. The van der Waals surface area contributed by atoms with Crippen molar-refractivity contribution in [3.05, 3.63) is 53.7 Å². The summed E-state index contributed by atoms with van der Waals surface area (Å²) in [5.74, 6) is 1.64. The highest BCUT2D eigenvalue weighted by Crippen LogP contribution is 2.15. The van der Waals surface area contributed by atoms with E-state index in [9.17, 15) is 0 Å². The standard InChI is InChI=1S/C17H21N3OS/c1-12(2)21-15-8-4-7-14(10-15)11-19-17(22)20-16-13(3)6-5-9-18-16/h4-10,12H,11H2,1-3H3,(H2,18,19,20,22). The van der Waals surface area contributed by atoms with Crippen molar-refractivity contribution in [2.24, 2.45) is 0 Å². The van der Waals surface area contributed by atoms with Gasteiger partial charge in [-0.2, -0.15) is 0 Å². The van der Waals surface area contributed by atoms with Crippen LogP contribution in [0.4, 0.5) is 5.82 Å². The number of aromatic nitrogens is 1. The quantitative estimate of drug-likeness (QED) is 0.825. The van der Waals surface area contributed by atoms with Crippen molar-refractivity contribution in [3.63, 3.8) is 0 Å². The van der Waals surface area contributed by atoms with Gasteiger partial charge >= 0.3 is 0 Å². The average Bonchev–Trinajstić information content (AvgIpc) is 2.47. The Morgan fingerprint density at radius 3 is 2.82 bits per heavy atom. The summed E-state index contributed by atoms with van der Waals surface area (Å²) < 4.78 is 5.69. The molecule has 1 aromatic carbocycles. The van der Waals surface area contributed by atoms with Gasteiger partial charge in [-0.3, -0.25) is 0 Å². The molecule has 0 saturated carbocycles. The number of nitrogens with zero attached hydrogens (tertiary/aromatic N) is 1. The molecule has 2 aromatic rings. The Bertz CT molecular complexity index is 643. The maximum Gasteiger partial charge on any atom is 0.172 e. The van der Waals surface area contributed by atoms with Gasteiger partial charge in [0.15, 0.2) is 5.11 Å². The maximum atomic E-state index is 5.69. The van der Waals surface area contributed by atoms with Crippen molar-refractivity contribution in [2.75, 3.05) is 5.32 Å². The summed E-state index contributed by atoms with van der Waals surface area (Å²) in [6.07, 6.45) is 1.91. The van der Waals surface area contributed by atoms with E-state index in [2.05, 4.69) is 15.6 Å². The molecule has 0 fully saturated rings. The zero-order valence-electron chi connectivity index (χ0n) is 13.1. The van der Waals surface area contributed by atoms with Gasteiger partial charge in [0.05, 0.1) is 6.10 Å². The number of ether oxygens (including phenoxy) is 1. The summed E-state index contributed by atoms with van der Waals surface area (Å²) in [6.45, 7) is 6.65. The van der Waals surface area contributed by atoms with E-state index in [4.69, 9.17) is 17.0 Å². The highest BCUT2D eigenvalue weighted by molar-refractivity contribution is 7.80. The Balaban J connectivity index is 1.90. The van der Waals surface area contributed by atoms with Gasteiger partial charge in [-0.25, -0.2) is 4.98 Å². The highest BCUT2D eigenvalue weighted by Gasteiger charge is 2.03. The zero-order valence-corrected chi connectivity index (χ0v) is 13.9. The third-order valence-electron chi connectivity index (χ3n) is 2.96. The molecular weight excluding hydrogens is 294 g/mol. The van der Waals surface area contributed by atoms with Crippen LogP contribution in [-0.2, 0) is 6.54 Å². The smallest absolute Gasteiger partial charge is 0.172 e. The number of pyridine rings is 1. The van der Waals surface area contributed by atoms with E-state index in [0.29, 0.717) is 11.7 Å². The van der Waals surface area contributed by atoms with E-state index in [1.807, 2.05) is 57.2 Å². The van der Waals surface area contributed by atoms with Crippen LogP contribution < -0.4 is 15.4 Å². The number of rotatable bonds is 5. The van der Waals surface area contributed by atoms with Crippen LogP contribution in [0.3, 0.4) is 0 Å². The fourth-order valence-corrected chi connectivity index (χ4v) is 2.12. The van der Waals surface area contributed by atoms with Crippen LogP contribution in [0.25, 0.3) is 0 Å². The largest absolute Gasteiger partial charge is 0.491 e. The molecule has 0 aliphatic rings. The van der Waals surface area contributed by atoms with Gasteiger partial charge < -0.3 is 15.4 Å². The number of thiocarbonyl (C=S) groups is 1. The topological polar surface area (TPSA) is 46.2 Å². The molecule has 0 spiro atoms. The lowest BCUT2D eigenvalue weighted by Crippen LogP contribution is -2.28. The van der Waals surface area contributed by atoms with Crippen molar-refractivity contribution in [1.29, 1.82) is 0 Å². The molecule has 0 bridgehead atoms. The molecule has 116 valence electrons. The second-order valence-electron chi connectivity index (χ2n) is 5.29. The molecule has 1 aromatic heterocycles. The Hall–Kier alpha value is -2.14. The minimum Gasteiger partial charge on any atom is -0.491 e. The summed E-state index contributed by atoms with van der Waals surface area (Å²) in [5, 5.41) is 6.84. The molecule has 0 unspecified atom stereocenters. The number of hydrogen-bond acceptors (Lipinski definition) is 3. The average molecular weight is 315 g/mol. The van der Waals surface area contributed by atoms with Gasteiger partial charge in [0, 0.05) is 12.7 Å². The first kappa shape index (κ1) is 16.2. The van der Waals surface area contributed by atoms with Crippen LogP contribution in [0.2, 0.25) is 0 Å². The van der Waals surface area contributed by atoms with Crippen LogP contribution in [-0.4, -0.2) is 16.2 Å². The third kappa shape index (κ3) is 5.00. The Morgan fingerprint density at radius 1 is 1.27 bits per heavy atom. The van der Waals surface area contributed by atoms with Gasteiger partial charge in [0.25, 0.3) is 0 Å². The van der Waals surface area contributed by atoms with E-state index in [1.54, 1.807) is 6.20 Å². The molecular formula is C17H21N3OS.